The second-order valence-electron chi connectivity index (χ2n) is 5.14. The lowest BCUT2D eigenvalue weighted by molar-refractivity contribution is -0.123. The van der Waals surface area contributed by atoms with Gasteiger partial charge < -0.3 is 14.8 Å². The van der Waals surface area contributed by atoms with Gasteiger partial charge in [-0.05, 0) is 49.5 Å². The molecule has 0 aliphatic rings. The van der Waals surface area contributed by atoms with Crippen LogP contribution in [0.2, 0.25) is 0 Å². The molecule has 2 aromatic rings. The minimum Gasteiger partial charge on any atom is -0.495 e. The van der Waals surface area contributed by atoms with Gasteiger partial charge in [0.15, 0.2) is 11.0 Å². The normalized spacial score (nSPS) is 11.7. The summed E-state index contributed by atoms with van der Waals surface area (Å²) in [6, 6.07) is 5.42. The Labute approximate surface area is 144 Å². The van der Waals surface area contributed by atoms with Crippen LogP contribution in [0.5, 0.6) is 5.75 Å². The third kappa shape index (κ3) is 4.08. The molecule has 24 heavy (non-hydrogen) atoms. The Kier molecular flexibility index (Phi) is 5.86. The van der Waals surface area contributed by atoms with Gasteiger partial charge in [0.1, 0.15) is 5.75 Å². The minimum atomic E-state index is -0.963. The molecule has 1 amide bonds. The highest BCUT2D eigenvalue weighted by molar-refractivity contribution is 7.07. The Bertz CT molecular complexity index is 745. The first kappa shape index (κ1) is 17.9. The van der Waals surface area contributed by atoms with Crippen molar-refractivity contribution < 1.29 is 19.1 Å². The smallest absolute Gasteiger partial charge is 0.352 e. The van der Waals surface area contributed by atoms with E-state index in [-0.39, 0.29) is 0 Å². The Morgan fingerprint density at radius 1 is 1.38 bits per heavy atom. The monoisotopic (exact) mass is 349 g/mol. The van der Waals surface area contributed by atoms with Gasteiger partial charge in [-0.1, -0.05) is 17.5 Å². The maximum absolute atomic E-state index is 12.3. The van der Waals surface area contributed by atoms with E-state index in [1.165, 1.54) is 14.0 Å². The molecule has 0 spiro atoms. The standard InChI is InChI=1S/C16H19N3O4S/c1-5-11-14(24-19-18-11)16(21)23-10(3)15(20)17-12-8-9(2)6-7-13(12)22-4/h6-8,10H,5H2,1-4H3,(H,17,20)/t10-/m0/s1. The van der Waals surface area contributed by atoms with E-state index in [9.17, 15) is 9.59 Å². The maximum atomic E-state index is 12.3. The van der Waals surface area contributed by atoms with Crippen molar-refractivity contribution in [3.05, 3.63) is 34.3 Å². The van der Waals surface area contributed by atoms with Gasteiger partial charge >= 0.3 is 5.97 Å². The molecule has 2 rings (SSSR count). The molecule has 0 saturated heterocycles. The minimum absolute atomic E-state index is 0.324. The number of ether oxygens (including phenoxy) is 2. The van der Waals surface area contributed by atoms with Crippen LogP contribution >= 0.6 is 11.5 Å². The highest BCUT2D eigenvalue weighted by Crippen LogP contribution is 2.25. The SMILES string of the molecule is CCc1nnsc1C(=O)O[C@@H](C)C(=O)Nc1cc(C)ccc1OC. The molecule has 0 saturated carbocycles. The van der Waals surface area contributed by atoms with Crippen LogP contribution in [0.4, 0.5) is 5.69 Å². The van der Waals surface area contributed by atoms with Crippen LogP contribution in [-0.2, 0) is 16.0 Å². The molecular formula is C16H19N3O4S. The van der Waals surface area contributed by atoms with E-state index in [4.69, 9.17) is 9.47 Å². The number of aryl methyl sites for hydroxylation is 2. The zero-order valence-corrected chi connectivity index (χ0v) is 14.8. The quantitative estimate of drug-likeness (QED) is 0.806. The van der Waals surface area contributed by atoms with Gasteiger partial charge in [0, 0.05) is 0 Å². The Hall–Kier alpha value is -2.48. The first-order valence-electron chi connectivity index (χ1n) is 7.44. The number of anilines is 1. The number of esters is 1. The largest absolute Gasteiger partial charge is 0.495 e. The van der Waals surface area contributed by atoms with E-state index in [2.05, 4.69) is 14.9 Å². The van der Waals surface area contributed by atoms with Crippen LogP contribution in [0.25, 0.3) is 0 Å². The van der Waals surface area contributed by atoms with Crippen molar-refractivity contribution in [1.82, 2.24) is 9.59 Å². The average Bonchev–Trinajstić information content (AvgIpc) is 3.03. The fraction of sp³-hybridized carbons (Fsp3) is 0.375. The maximum Gasteiger partial charge on any atom is 0.352 e. The summed E-state index contributed by atoms with van der Waals surface area (Å²) in [6.07, 6.45) is -0.392. The Balaban J connectivity index is 2.05. The topological polar surface area (TPSA) is 90.4 Å². The fourth-order valence-corrected chi connectivity index (χ4v) is 2.65. The number of hydrogen-bond acceptors (Lipinski definition) is 7. The summed E-state index contributed by atoms with van der Waals surface area (Å²) in [5.74, 6) is -0.504. The Morgan fingerprint density at radius 3 is 2.79 bits per heavy atom. The number of hydrogen-bond donors (Lipinski definition) is 1. The lowest BCUT2D eigenvalue weighted by Crippen LogP contribution is -2.30. The number of carbonyl (C=O) groups is 2. The Morgan fingerprint density at radius 2 is 2.12 bits per heavy atom. The van der Waals surface area contributed by atoms with E-state index < -0.39 is 18.0 Å². The van der Waals surface area contributed by atoms with Gasteiger partial charge in [-0.3, -0.25) is 4.79 Å². The van der Waals surface area contributed by atoms with Crippen molar-refractivity contribution in [3.8, 4) is 5.75 Å². The number of methoxy groups -OCH3 is 1. The predicted molar refractivity (Wildman–Crippen MR) is 90.5 cm³/mol. The number of benzene rings is 1. The summed E-state index contributed by atoms with van der Waals surface area (Å²) >= 11 is 0.961. The number of aromatic nitrogens is 2. The zero-order chi connectivity index (χ0) is 17.7. The van der Waals surface area contributed by atoms with Crippen LogP contribution in [0.1, 0.15) is 34.8 Å². The van der Waals surface area contributed by atoms with Gasteiger partial charge in [-0.2, -0.15) is 0 Å². The third-order valence-corrected chi connectivity index (χ3v) is 4.09. The summed E-state index contributed by atoms with van der Waals surface area (Å²) < 4.78 is 14.2. The van der Waals surface area contributed by atoms with E-state index in [1.807, 2.05) is 19.9 Å². The first-order valence-corrected chi connectivity index (χ1v) is 8.21. The molecule has 1 atom stereocenters. The lowest BCUT2D eigenvalue weighted by Gasteiger charge is -2.15. The molecule has 0 aliphatic carbocycles. The fourth-order valence-electron chi connectivity index (χ4n) is 2.02. The van der Waals surface area contributed by atoms with Crippen molar-refractivity contribution >= 4 is 29.1 Å². The van der Waals surface area contributed by atoms with Crippen LogP contribution < -0.4 is 10.1 Å². The van der Waals surface area contributed by atoms with Crippen molar-refractivity contribution in [2.24, 2.45) is 0 Å². The molecule has 1 aromatic heterocycles. The van der Waals surface area contributed by atoms with E-state index in [1.54, 1.807) is 12.1 Å². The summed E-state index contributed by atoms with van der Waals surface area (Å²) in [5, 5.41) is 6.57. The summed E-state index contributed by atoms with van der Waals surface area (Å²) in [5.41, 5.74) is 2.07. The third-order valence-electron chi connectivity index (χ3n) is 3.34. The van der Waals surface area contributed by atoms with Gasteiger partial charge in [-0.25, -0.2) is 4.79 Å². The number of rotatable bonds is 6. The van der Waals surface area contributed by atoms with Gasteiger partial charge in [-0.15, -0.1) is 5.10 Å². The molecule has 7 nitrogen and oxygen atoms in total. The van der Waals surface area contributed by atoms with Crippen LogP contribution in [0.3, 0.4) is 0 Å². The number of nitrogens with one attached hydrogen (secondary N) is 1. The second kappa shape index (κ2) is 7.87. The van der Waals surface area contributed by atoms with Gasteiger partial charge in [0.05, 0.1) is 18.5 Å². The number of amides is 1. The average molecular weight is 349 g/mol. The lowest BCUT2D eigenvalue weighted by atomic mass is 10.2. The molecular weight excluding hydrogens is 330 g/mol. The summed E-state index contributed by atoms with van der Waals surface area (Å²) in [4.78, 5) is 24.7. The summed E-state index contributed by atoms with van der Waals surface area (Å²) in [7, 11) is 1.52. The van der Waals surface area contributed by atoms with Crippen molar-refractivity contribution in [3.63, 3.8) is 0 Å². The molecule has 0 bridgehead atoms. The number of carbonyl (C=O) groups excluding carboxylic acids is 2. The second-order valence-corrected chi connectivity index (χ2v) is 5.90. The van der Waals surface area contributed by atoms with Crippen LogP contribution in [0.15, 0.2) is 18.2 Å². The first-order chi connectivity index (χ1) is 11.5. The van der Waals surface area contributed by atoms with Crippen LogP contribution in [-0.4, -0.2) is 34.7 Å². The number of nitrogens with zero attached hydrogens (tertiary/aromatic N) is 2. The molecule has 0 unspecified atom stereocenters. The molecule has 0 fully saturated rings. The van der Waals surface area contributed by atoms with Gasteiger partial charge in [0.2, 0.25) is 0 Å². The van der Waals surface area contributed by atoms with E-state index in [0.29, 0.717) is 28.4 Å². The van der Waals surface area contributed by atoms with Gasteiger partial charge in [0.25, 0.3) is 5.91 Å². The molecule has 1 aromatic carbocycles. The van der Waals surface area contributed by atoms with Crippen molar-refractivity contribution in [1.29, 1.82) is 0 Å². The highest BCUT2D eigenvalue weighted by Gasteiger charge is 2.23. The van der Waals surface area contributed by atoms with E-state index in [0.717, 1.165) is 17.1 Å². The molecule has 128 valence electrons. The molecule has 0 aliphatic heterocycles. The van der Waals surface area contributed by atoms with Crippen molar-refractivity contribution in [2.75, 3.05) is 12.4 Å². The molecule has 1 N–H and O–H groups in total. The van der Waals surface area contributed by atoms with Crippen molar-refractivity contribution in [2.45, 2.75) is 33.3 Å². The molecule has 1 heterocycles. The molecule has 8 heteroatoms. The zero-order valence-electron chi connectivity index (χ0n) is 14.0. The molecule has 0 radical (unpaired) electrons. The van der Waals surface area contributed by atoms with E-state index >= 15 is 0 Å². The predicted octanol–water partition coefficient (Wildman–Crippen LogP) is 2.60. The van der Waals surface area contributed by atoms with Crippen LogP contribution in [0, 0.1) is 6.92 Å². The summed E-state index contributed by atoms with van der Waals surface area (Å²) in [6.45, 7) is 5.28. The highest BCUT2D eigenvalue weighted by atomic mass is 32.1.